The number of phenolic OH excluding ortho intramolecular Hbond substituents is 1. The highest BCUT2D eigenvalue weighted by molar-refractivity contribution is 6.41. The summed E-state index contributed by atoms with van der Waals surface area (Å²) in [5, 5.41) is 9.65. The van der Waals surface area contributed by atoms with Gasteiger partial charge < -0.3 is 9.84 Å². The van der Waals surface area contributed by atoms with Gasteiger partial charge in [0.1, 0.15) is 0 Å². The van der Waals surface area contributed by atoms with Gasteiger partial charge in [-0.25, -0.2) is 0 Å². The Morgan fingerprint density at radius 1 is 1.40 bits per heavy atom. The van der Waals surface area contributed by atoms with Gasteiger partial charge in [0.05, 0.1) is 23.6 Å². The van der Waals surface area contributed by atoms with Gasteiger partial charge in [0.2, 0.25) is 0 Å². The molecule has 1 N–H and O–H groups in total. The minimum absolute atomic E-state index is 0.0297. The molecular formula is C9H7Cl3O3. The molecule has 0 radical (unpaired) electrons. The molecule has 0 atom stereocenters. The van der Waals surface area contributed by atoms with E-state index in [4.69, 9.17) is 34.8 Å². The van der Waals surface area contributed by atoms with Crippen molar-refractivity contribution in [3.8, 4) is 5.75 Å². The van der Waals surface area contributed by atoms with Crippen LogP contribution in [0.5, 0.6) is 5.75 Å². The molecule has 0 saturated carbocycles. The third kappa shape index (κ3) is 2.68. The topological polar surface area (TPSA) is 46.5 Å². The highest BCUT2D eigenvalue weighted by atomic mass is 35.5. The van der Waals surface area contributed by atoms with Crippen LogP contribution in [0.25, 0.3) is 0 Å². The highest BCUT2D eigenvalue weighted by Gasteiger charge is 2.17. The van der Waals surface area contributed by atoms with Crippen LogP contribution in [0.15, 0.2) is 6.07 Å². The maximum atomic E-state index is 11.0. The molecule has 0 heterocycles. The third-order valence-corrected chi connectivity index (χ3v) is 2.82. The Kier molecular flexibility index (Phi) is 4.08. The zero-order chi connectivity index (χ0) is 11.6. The molecule has 0 aliphatic rings. The van der Waals surface area contributed by atoms with Crippen LogP contribution < -0.4 is 0 Å². The van der Waals surface area contributed by atoms with Crippen LogP contribution in [-0.2, 0) is 16.0 Å². The monoisotopic (exact) mass is 268 g/mol. The fraction of sp³-hybridized carbons (Fsp3) is 0.222. The van der Waals surface area contributed by atoms with Gasteiger partial charge in [-0.15, -0.1) is 0 Å². The van der Waals surface area contributed by atoms with Crippen LogP contribution in [0, 0.1) is 0 Å². The summed E-state index contributed by atoms with van der Waals surface area (Å²) < 4.78 is 4.46. The van der Waals surface area contributed by atoms with Crippen molar-refractivity contribution in [2.45, 2.75) is 6.42 Å². The lowest BCUT2D eigenvalue weighted by molar-refractivity contribution is -0.139. The van der Waals surface area contributed by atoms with Crippen molar-refractivity contribution < 1.29 is 14.6 Å². The van der Waals surface area contributed by atoms with E-state index in [2.05, 4.69) is 4.74 Å². The van der Waals surface area contributed by atoms with Crippen LogP contribution in [0.1, 0.15) is 5.56 Å². The van der Waals surface area contributed by atoms with Gasteiger partial charge in [-0.1, -0.05) is 34.8 Å². The third-order valence-electron chi connectivity index (χ3n) is 1.79. The average molecular weight is 270 g/mol. The first kappa shape index (κ1) is 12.4. The maximum absolute atomic E-state index is 11.0. The second-order valence-corrected chi connectivity index (χ2v) is 3.93. The molecule has 15 heavy (non-hydrogen) atoms. The second-order valence-electron chi connectivity index (χ2n) is 2.73. The molecule has 0 saturated heterocycles. The van der Waals surface area contributed by atoms with Gasteiger partial charge in [0.25, 0.3) is 0 Å². The normalized spacial score (nSPS) is 10.1. The van der Waals surface area contributed by atoms with E-state index >= 15 is 0 Å². The van der Waals surface area contributed by atoms with E-state index in [0.29, 0.717) is 5.56 Å². The number of phenols is 1. The molecular weight excluding hydrogens is 262 g/mol. The smallest absolute Gasteiger partial charge is 0.310 e. The zero-order valence-electron chi connectivity index (χ0n) is 7.68. The van der Waals surface area contributed by atoms with Crippen molar-refractivity contribution >= 4 is 40.8 Å². The molecule has 6 heteroatoms. The summed E-state index contributed by atoms with van der Waals surface area (Å²) in [5.41, 5.74) is 0.298. The first-order valence-corrected chi connectivity index (χ1v) is 5.03. The minimum Gasteiger partial charge on any atom is -0.505 e. The van der Waals surface area contributed by atoms with E-state index in [1.54, 1.807) is 0 Å². The largest absolute Gasteiger partial charge is 0.505 e. The van der Waals surface area contributed by atoms with E-state index in [1.807, 2.05) is 0 Å². The quantitative estimate of drug-likeness (QED) is 0.839. The first-order chi connectivity index (χ1) is 6.97. The molecule has 0 aliphatic carbocycles. The van der Waals surface area contributed by atoms with Crippen molar-refractivity contribution in [3.05, 3.63) is 26.7 Å². The van der Waals surface area contributed by atoms with Crippen molar-refractivity contribution in [2.24, 2.45) is 0 Å². The number of halogens is 3. The minimum atomic E-state index is -0.500. The molecule has 1 rings (SSSR count). The molecule has 1 aromatic rings. The lowest BCUT2D eigenvalue weighted by Gasteiger charge is -2.08. The summed E-state index contributed by atoms with van der Waals surface area (Å²) in [6, 6.07) is 1.32. The van der Waals surface area contributed by atoms with E-state index < -0.39 is 5.97 Å². The number of hydrogen-bond donors (Lipinski definition) is 1. The first-order valence-electron chi connectivity index (χ1n) is 3.89. The van der Waals surface area contributed by atoms with E-state index in [0.717, 1.165) is 0 Å². The van der Waals surface area contributed by atoms with Gasteiger partial charge in [-0.3, -0.25) is 4.79 Å². The summed E-state index contributed by atoms with van der Waals surface area (Å²) in [7, 11) is 1.25. The number of carbonyl (C=O) groups is 1. The van der Waals surface area contributed by atoms with Crippen LogP contribution >= 0.6 is 34.8 Å². The molecule has 82 valence electrons. The second kappa shape index (κ2) is 4.92. The van der Waals surface area contributed by atoms with Gasteiger partial charge >= 0.3 is 5.97 Å². The van der Waals surface area contributed by atoms with Crippen LogP contribution in [-0.4, -0.2) is 18.2 Å². The Balaban J connectivity index is 3.18. The molecule has 0 aromatic heterocycles. The summed E-state index contributed by atoms with van der Waals surface area (Å²) >= 11 is 17.2. The molecule has 0 spiro atoms. The number of carbonyl (C=O) groups excluding carboxylic acids is 1. The molecule has 0 unspecified atom stereocenters. The summed E-state index contributed by atoms with van der Waals surface area (Å²) in [6.45, 7) is 0. The van der Waals surface area contributed by atoms with Crippen LogP contribution in [0.2, 0.25) is 15.1 Å². The van der Waals surface area contributed by atoms with E-state index in [1.165, 1.54) is 13.2 Å². The SMILES string of the molecule is COC(=O)Cc1c(Cl)cc(Cl)c(O)c1Cl. The van der Waals surface area contributed by atoms with Crippen molar-refractivity contribution in [3.63, 3.8) is 0 Å². The molecule has 1 aromatic carbocycles. The fourth-order valence-corrected chi connectivity index (χ4v) is 1.89. The molecule has 0 fully saturated rings. The number of ether oxygens (including phenoxy) is 1. The Bertz CT molecular complexity index is 404. The van der Waals surface area contributed by atoms with Crippen molar-refractivity contribution in [2.75, 3.05) is 7.11 Å². The Hall–Kier alpha value is -0.640. The number of aromatic hydroxyl groups is 1. The van der Waals surface area contributed by atoms with Gasteiger partial charge in [0.15, 0.2) is 5.75 Å². The predicted octanol–water partition coefficient (Wildman–Crippen LogP) is 3.07. The summed E-state index contributed by atoms with van der Waals surface area (Å²) in [4.78, 5) is 11.0. The zero-order valence-corrected chi connectivity index (χ0v) is 9.95. The maximum Gasteiger partial charge on any atom is 0.310 e. The number of rotatable bonds is 2. The lowest BCUT2D eigenvalue weighted by Crippen LogP contribution is -2.05. The Labute approximate surface area is 102 Å². The predicted molar refractivity (Wildman–Crippen MR) is 58.9 cm³/mol. The van der Waals surface area contributed by atoms with Crippen LogP contribution in [0.3, 0.4) is 0 Å². The van der Waals surface area contributed by atoms with Gasteiger partial charge in [-0.05, 0) is 6.07 Å². The molecule has 0 bridgehead atoms. The molecule has 3 nitrogen and oxygen atoms in total. The van der Waals surface area contributed by atoms with Gasteiger partial charge in [0, 0.05) is 10.6 Å². The fourth-order valence-electron chi connectivity index (χ4n) is 0.998. The van der Waals surface area contributed by atoms with Gasteiger partial charge in [-0.2, -0.15) is 0 Å². The van der Waals surface area contributed by atoms with Crippen molar-refractivity contribution in [1.82, 2.24) is 0 Å². The molecule has 0 aliphatic heterocycles. The standard InChI is InChI=1S/C9H7Cl3O3/c1-15-7(13)2-4-5(10)3-6(11)9(14)8(4)12/h3,14H,2H2,1H3. The van der Waals surface area contributed by atoms with E-state index in [-0.39, 0.29) is 27.2 Å². The number of esters is 1. The van der Waals surface area contributed by atoms with Crippen LogP contribution in [0.4, 0.5) is 0 Å². The average Bonchev–Trinajstić information content (AvgIpc) is 2.21. The number of hydrogen-bond acceptors (Lipinski definition) is 3. The van der Waals surface area contributed by atoms with Crippen molar-refractivity contribution in [1.29, 1.82) is 0 Å². The highest BCUT2D eigenvalue weighted by Crippen LogP contribution is 2.39. The summed E-state index contributed by atoms with van der Waals surface area (Å²) in [6.07, 6.45) is -0.112. The Morgan fingerprint density at radius 3 is 2.53 bits per heavy atom. The molecule has 0 amide bonds. The Morgan fingerprint density at radius 2 is 2.00 bits per heavy atom. The number of methoxy groups -OCH3 is 1. The summed E-state index contributed by atoms with van der Waals surface area (Å²) in [5.74, 6) is -0.790. The van der Waals surface area contributed by atoms with E-state index in [9.17, 15) is 9.90 Å². The lowest BCUT2D eigenvalue weighted by atomic mass is 10.1. The number of benzene rings is 1.